The molecule has 0 saturated carbocycles. The highest BCUT2D eigenvalue weighted by Gasteiger charge is 2.27. The first-order valence-electron chi connectivity index (χ1n) is 7.22. The zero-order chi connectivity index (χ0) is 18.2. The summed E-state index contributed by atoms with van der Waals surface area (Å²) in [5.41, 5.74) is 1.59. The first-order valence-corrected chi connectivity index (χ1v) is 9.47. The lowest BCUT2D eigenvalue weighted by Crippen LogP contribution is -2.21. The highest BCUT2D eigenvalue weighted by molar-refractivity contribution is 7.99. The molecule has 25 heavy (non-hydrogen) atoms. The smallest absolute Gasteiger partial charge is 0.267 e. The molecule has 1 aromatic carbocycles. The standard InChI is InChI=1S/C16H12ClF3N2OS2/c1-9-8-25-13-12(9)21-15(24-7-6-16(18,19)20)22(14(13)23)11-4-2-10(17)3-5-11/h2-5,8H,6-7H2,1H3. The summed E-state index contributed by atoms with van der Waals surface area (Å²) in [7, 11) is 0. The molecule has 132 valence electrons. The van der Waals surface area contributed by atoms with E-state index in [1.54, 1.807) is 24.3 Å². The van der Waals surface area contributed by atoms with Crippen LogP contribution in [-0.2, 0) is 0 Å². The fraction of sp³-hybridized carbons (Fsp3) is 0.250. The van der Waals surface area contributed by atoms with E-state index < -0.39 is 12.6 Å². The lowest BCUT2D eigenvalue weighted by Gasteiger charge is -2.13. The highest BCUT2D eigenvalue weighted by Crippen LogP contribution is 2.29. The molecule has 0 bridgehead atoms. The molecule has 0 spiro atoms. The fourth-order valence-corrected chi connectivity index (χ4v) is 4.27. The predicted octanol–water partition coefficient (Wildman–Crippen LogP) is 5.45. The van der Waals surface area contributed by atoms with Gasteiger partial charge in [-0.3, -0.25) is 9.36 Å². The Morgan fingerprint density at radius 2 is 1.96 bits per heavy atom. The zero-order valence-corrected chi connectivity index (χ0v) is 15.3. The fourth-order valence-electron chi connectivity index (χ4n) is 2.24. The summed E-state index contributed by atoms with van der Waals surface area (Å²) in [6.45, 7) is 1.82. The first-order chi connectivity index (χ1) is 11.8. The maximum atomic E-state index is 12.9. The number of halogens is 4. The maximum Gasteiger partial charge on any atom is 0.389 e. The summed E-state index contributed by atoms with van der Waals surface area (Å²) in [4.78, 5) is 17.3. The quantitative estimate of drug-likeness (QED) is 0.428. The largest absolute Gasteiger partial charge is 0.389 e. The van der Waals surface area contributed by atoms with Gasteiger partial charge in [-0.1, -0.05) is 23.4 Å². The van der Waals surface area contributed by atoms with Crippen LogP contribution in [0, 0.1) is 6.92 Å². The second-order valence-corrected chi connectivity index (χ2v) is 7.70. The average molecular weight is 405 g/mol. The molecule has 0 radical (unpaired) electrons. The average Bonchev–Trinajstić information content (AvgIpc) is 2.89. The van der Waals surface area contributed by atoms with Crippen LogP contribution < -0.4 is 5.56 Å². The highest BCUT2D eigenvalue weighted by atomic mass is 35.5. The van der Waals surface area contributed by atoms with E-state index in [4.69, 9.17) is 11.6 Å². The third kappa shape index (κ3) is 4.02. The van der Waals surface area contributed by atoms with Crippen LogP contribution in [0.1, 0.15) is 12.0 Å². The molecule has 0 aliphatic rings. The van der Waals surface area contributed by atoms with Crippen molar-refractivity contribution in [3.63, 3.8) is 0 Å². The Hall–Kier alpha value is -1.51. The number of fused-ring (bicyclic) bond motifs is 1. The van der Waals surface area contributed by atoms with Gasteiger partial charge in [0.25, 0.3) is 5.56 Å². The van der Waals surface area contributed by atoms with Gasteiger partial charge < -0.3 is 0 Å². The van der Waals surface area contributed by atoms with Gasteiger partial charge in [0, 0.05) is 10.8 Å². The van der Waals surface area contributed by atoms with Crippen LogP contribution in [0.15, 0.2) is 39.6 Å². The number of aromatic nitrogens is 2. The Morgan fingerprint density at radius 3 is 2.60 bits per heavy atom. The lowest BCUT2D eigenvalue weighted by molar-refractivity contribution is -0.129. The molecule has 2 heterocycles. The number of aryl methyl sites for hydroxylation is 1. The van der Waals surface area contributed by atoms with Crippen LogP contribution in [0.4, 0.5) is 13.2 Å². The van der Waals surface area contributed by atoms with Crippen molar-refractivity contribution in [3.05, 3.63) is 50.6 Å². The number of benzene rings is 1. The van der Waals surface area contributed by atoms with E-state index in [9.17, 15) is 18.0 Å². The SMILES string of the molecule is Cc1csc2c(=O)n(-c3ccc(Cl)cc3)c(SCCC(F)(F)F)nc12. The minimum atomic E-state index is -4.25. The van der Waals surface area contributed by atoms with Crippen molar-refractivity contribution in [3.8, 4) is 5.69 Å². The Morgan fingerprint density at radius 1 is 1.28 bits per heavy atom. The van der Waals surface area contributed by atoms with Crippen LogP contribution in [0.3, 0.4) is 0 Å². The first kappa shape index (κ1) is 18.3. The molecule has 0 aliphatic heterocycles. The van der Waals surface area contributed by atoms with Gasteiger partial charge in [0.15, 0.2) is 5.16 Å². The summed E-state index contributed by atoms with van der Waals surface area (Å²) in [5, 5.41) is 2.56. The Bertz CT molecular complexity index is 964. The minimum Gasteiger partial charge on any atom is -0.267 e. The molecular formula is C16H12ClF3N2OS2. The van der Waals surface area contributed by atoms with Crippen molar-refractivity contribution in [2.45, 2.75) is 24.7 Å². The van der Waals surface area contributed by atoms with Gasteiger partial charge in [0.1, 0.15) is 4.70 Å². The molecule has 0 unspecified atom stereocenters. The second kappa shape index (κ2) is 7.01. The Labute approximate surface area is 154 Å². The van der Waals surface area contributed by atoms with Crippen LogP contribution >= 0.6 is 34.7 Å². The molecule has 0 amide bonds. The van der Waals surface area contributed by atoms with Gasteiger partial charge in [-0.2, -0.15) is 13.2 Å². The molecular weight excluding hydrogens is 393 g/mol. The summed E-state index contributed by atoms with van der Waals surface area (Å²) in [5.74, 6) is -0.210. The molecule has 3 rings (SSSR count). The molecule has 0 fully saturated rings. The van der Waals surface area contributed by atoms with E-state index in [-0.39, 0.29) is 16.5 Å². The molecule has 0 N–H and O–H groups in total. The van der Waals surface area contributed by atoms with Crippen molar-refractivity contribution in [2.24, 2.45) is 0 Å². The van der Waals surface area contributed by atoms with E-state index in [1.807, 2.05) is 12.3 Å². The number of thiophene rings is 1. The summed E-state index contributed by atoms with van der Waals surface area (Å²) in [6, 6.07) is 6.53. The molecule has 0 aliphatic carbocycles. The molecule has 2 aromatic heterocycles. The number of alkyl halides is 3. The molecule has 0 atom stereocenters. The van der Waals surface area contributed by atoms with Gasteiger partial charge in [0.05, 0.1) is 17.6 Å². The van der Waals surface area contributed by atoms with Crippen LogP contribution in [0.5, 0.6) is 0 Å². The van der Waals surface area contributed by atoms with Gasteiger partial charge in [-0.15, -0.1) is 11.3 Å². The van der Waals surface area contributed by atoms with Crippen molar-refractivity contribution in [1.82, 2.24) is 9.55 Å². The van der Waals surface area contributed by atoms with E-state index in [0.717, 1.165) is 17.3 Å². The summed E-state index contributed by atoms with van der Waals surface area (Å²) < 4.78 is 39.2. The number of thioether (sulfide) groups is 1. The molecule has 9 heteroatoms. The van der Waals surface area contributed by atoms with Crippen molar-refractivity contribution >= 4 is 44.9 Å². The zero-order valence-electron chi connectivity index (χ0n) is 12.9. The van der Waals surface area contributed by atoms with E-state index in [2.05, 4.69) is 4.98 Å². The molecule has 0 saturated heterocycles. The van der Waals surface area contributed by atoms with Crippen molar-refractivity contribution in [1.29, 1.82) is 0 Å². The Kier molecular flexibility index (Phi) is 5.13. The Balaban J connectivity index is 2.11. The summed E-state index contributed by atoms with van der Waals surface area (Å²) in [6.07, 6.45) is -5.20. The third-order valence-electron chi connectivity index (χ3n) is 3.44. The van der Waals surface area contributed by atoms with Crippen LogP contribution in [0.25, 0.3) is 15.9 Å². The number of hydrogen-bond acceptors (Lipinski definition) is 4. The number of rotatable bonds is 4. The van der Waals surface area contributed by atoms with E-state index in [0.29, 0.717) is 20.9 Å². The van der Waals surface area contributed by atoms with E-state index in [1.165, 1.54) is 15.9 Å². The van der Waals surface area contributed by atoms with Crippen molar-refractivity contribution in [2.75, 3.05) is 5.75 Å². The predicted molar refractivity (Wildman–Crippen MR) is 96.4 cm³/mol. The molecule has 3 nitrogen and oxygen atoms in total. The molecule has 3 aromatic rings. The second-order valence-electron chi connectivity index (χ2n) is 5.32. The summed E-state index contributed by atoms with van der Waals surface area (Å²) >= 11 is 8.08. The van der Waals surface area contributed by atoms with Gasteiger partial charge in [-0.05, 0) is 42.1 Å². The minimum absolute atomic E-state index is 0.210. The monoisotopic (exact) mass is 404 g/mol. The maximum absolute atomic E-state index is 12.9. The van der Waals surface area contributed by atoms with Crippen molar-refractivity contribution < 1.29 is 13.2 Å². The topological polar surface area (TPSA) is 34.9 Å². The van der Waals surface area contributed by atoms with Gasteiger partial charge >= 0.3 is 6.18 Å². The normalized spacial score (nSPS) is 12.0. The van der Waals surface area contributed by atoms with Crippen LogP contribution in [-0.4, -0.2) is 21.5 Å². The van der Waals surface area contributed by atoms with Gasteiger partial charge in [-0.25, -0.2) is 4.98 Å². The number of hydrogen-bond donors (Lipinski definition) is 0. The van der Waals surface area contributed by atoms with Crippen LogP contribution in [0.2, 0.25) is 5.02 Å². The van der Waals surface area contributed by atoms with E-state index >= 15 is 0 Å². The number of nitrogens with zero attached hydrogens (tertiary/aromatic N) is 2. The third-order valence-corrected chi connectivity index (χ3v) is 5.71. The lowest BCUT2D eigenvalue weighted by atomic mass is 10.3. The van der Waals surface area contributed by atoms with Gasteiger partial charge in [0.2, 0.25) is 0 Å².